The predicted octanol–water partition coefficient (Wildman–Crippen LogP) is 6.52. The van der Waals surface area contributed by atoms with E-state index < -0.39 is 25.9 Å². The van der Waals surface area contributed by atoms with Gasteiger partial charge in [0, 0.05) is 6.42 Å². The van der Waals surface area contributed by atoms with E-state index in [2.05, 4.69) is 12.2 Å². The van der Waals surface area contributed by atoms with Gasteiger partial charge >= 0.3 is 7.60 Å². The van der Waals surface area contributed by atoms with Crippen LogP contribution in [0.2, 0.25) is 0 Å². The maximum absolute atomic E-state index is 12.6. The van der Waals surface area contributed by atoms with Gasteiger partial charge in [-0.15, -0.1) is 0 Å². The molecule has 0 saturated heterocycles. The maximum Gasteiger partial charge on any atom is 0.328 e. The lowest BCUT2D eigenvalue weighted by Crippen LogP contribution is -2.46. The summed E-state index contributed by atoms with van der Waals surface area (Å²) in [4.78, 5) is 31.2. The van der Waals surface area contributed by atoms with Crippen LogP contribution in [-0.4, -0.2) is 45.7 Å². The number of benzene rings is 1. The number of aliphatic hydroxyl groups excluding tert-OH is 1. The van der Waals surface area contributed by atoms with Gasteiger partial charge in [-0.1, -0.05) is 103 Å². The van der Waals surface area contributed by atoms with E-state index in [4.69, 9.17) is 4.74 Å². The molecular formula is C29H52NO6P. The summed E-state index contributed by atoms with van der Waals surface area (Å²) in [5.74, 6) is 0.546. The number of carbonyl (C=O) groups excluding carboxylic acids is 1. The minimum atomic E-state index is -4.42. The lowest BCUT2D eigenvalue weighted by molar-refractivity contribution is -0.122. The van der Waals surface area contributed by atoms with Crippen molar-refractivity contribution in [3.05, 3.63) is 29.8 Å². The molecule has 0 aliphatic carbocycles. The summed E-state index contributed by atoms with van der Waals surface area (Å²) in [5, 5.41) is 13.3. The Hall–Kier alpha value is -1.40. The number of aliphatic hydroxyl groups is 1. The van der Waals surface area contributed by atoms with Crippen molar-refractivity contribution in [2.45, 2.75) is 129 Å². The molecule has 0 aliphatic rings. The molecule has 37 heavy (non-hydrogen) atoms. The Balaban J connectivity index is 2.35. The molecule has 1 rings (SSSR count). The molecular weight excluding hydrogens is 489 g/mol. The number of unbranched alkanes of at least 4 members (excludes halogenated alkanes) is 12. The van der Waals surface area contributed by atoms with Crippen molar-refractivity contribution >= 4 is 13.5 Å². The number of ether oxygens (including phenoxy) is 1. The lowest BCUT2D eigenvalue weighted by atomic mass is 10.0. The van der Waals surface area contributed by atoms with Gasteiger partial charge in [-0.05, 0) is 37.0 Å². The van der Waals surface area contributed by atoms with E-state index in [0.29, 0.717) is 13.0 Å². The number of hydrogen-bond donors (Lipinski definition) is 4. The van der Waals surface area contributed by atoms with Gasteiger partial charge in [0.25, 0.3) is 0 Å². The van der Waals surface area contributed by atoms with Crippen LogP contribution in [0, 0.1) is 0 Å². The first-order chi connectivity index (χ1) is 17.7. The van der Waals surface area contributed by atoms with Gasteiger partial charge < -0.3 is 24.9 Å². The molecule has 0 saturated carbocycles. The summed E-state index contributed by atoms with van der Waals surface area (Å²) < 4.78 is 17.0. The van der Waals surface area contributed by atoms with Crippen LogP contribution in [0.1, 0.15) is 116 Å². The molecule has 0 fully saturated rings. The molecule has 0 heterocycles. The van der Waals surface area contributed by atoms with Crippen molar-refractivity contribution in [3.8, 4) is 5.75 Å². The average molecular weight is 542 g/mol. The summed E-state index contributed by atoms with van der Waals surface area (Å²) >= 11 is 0. The third-order valence-electron chi connectivity index (χ3n) is 6.59. The second-order valence-electron chi connectivity index (χ2n) is 10.3. The highest BCUT2D eigenvalue weighted by Crippen LogP contribution is 2.35. The summed E-state index contributed by atoms with van der Waals surface area (Å²) in [6.45, 7) is 4.90. The van der Waals surface area contributed by atoms with Crippen molar-refractivity contribution in [3.63, 3.8) is 0 Å². The SMILES string of the molecule is CCCCCCCCCCCCCCCC(=O)N[C@@H](Cc1ccc(OCCC)cc1)C(O)CP(=O)(O)O. The lowest BCUT2D eigenvalue weighted by Gasteiger charge is -2.25. The van der Waals surface area contributed by atoms with Crippen molar-refractivity contribution in [2.24, 2.45) is 0 Å². The molecule has 1 amide bonds. The van der Waals surface area contributed by atoms with Crippen LogP contribution in [0.25, 0.3) is 0 Å². The van der Waals surface area contributed by atoms with Crippen LogP contribution >= 0.6 is 7.60 Å². The normalized spacial score (nSPS) is 13.3. The Morgan fingerprint density at radius 1 is 0.838 bits per heavy atom. The van der Waals surface area contributed by atoms with Crippen LogP contribution in [0.4, 0.5) is 0 Å². The van der Waals surface area contributed by atoms with Crippen LogP contribution in [-0.2, 0) is 15.8 Å². The van der Waals surface area contributed by atoms with E-state index in [-0.39, 0.29) is 12.3 Å². The standard InChI is InChI=1S/C29H52NO6P/c1-3-5-6-7-8-9-10-11-12-13-14-15-16-17-29(32)30-27(28(31)24-37(33,34)35)23-25-18-20-26(21-19-25)36-22-4-2/h18-21,27-28,31H,3-17,22-24H2,1-2H3,(H,30,32)(H2,33,34,35)/t27-,28?/m0/s1. The molecule has 0 spiro atoms. The van der Waals surface area contributed by atoms with Gasteiger partial charge in [0.15, 0.2) is 0 Å². The monoisotopic (exact) mass is 541 g/mol. The highest BCUT2D eigenvalue weighted by atomic mass is 31.2. The zero-order valence-electron chi connectivity index (χ0n) is 23.2. The fraction of sp³-hybridized carbons (Fsp3) is 0.759. The third kappa shape index (κ3) is 18.5. The third-order valence-corrected chi connectivity index (χ3v) is 7.44. The highest BCUT2D eigenvalue weighted by Gasteiger charge is 2.28. The van der Waals surface area contributed by atoms with E-state index in [1.807, 2.05) is 31.2 Å². The van der Waals surface area contributed by atoms with Gasteiger partial charge in [0.1, 0.15) is 5.75 Å². The average Bonchev–Trinajstić information content (AvgIpc) is 2.85. The second kappa shape index (κ2) is 20.5. The van der Waals surface area contributed by atoms with Crippen molar-refractivity contribution < 1.29 is 29.0 Å². The molecule has 1 aromatic rings. The number of nitrogens with one attached hydrogen (secondary N) is 1. The Kier molecular flexibility index (Phi) is 18.7. The van der Waals surface area contributed by atoms with E-state index >= 15 is 0 Å². The number of carbonyl (C=O) groups is 1. The van der Waals surface area contributed by atoms with E-state index in [1.54, 1.807) is 0 Å². The minimum absolute atomic E-state index is 0.194. The number of amides is 1. The quantitative estimate of drug-likeness (QED) is 0.0926. The van der Waals surface area contributed by atoms with Gasteiger partial charge in [-0.25, -0.2) is 0 Å². The summed E-state index contributed by atoms with van der Waals surface area (Å²) in [6.07, 6.45) is 15.5. The molecule has 4 N–H and O–H groups in total. The first-order valence-corrected chi connectivity index (χ1v) is 16.3. The first kappa shape index (κ1) is 33.6. The summed E-state index contributed by atoms with van der Waals surface area (Å²) in [6, 6.07) is 6.57. The van der Waals surface area contributed by atoms with Crippen molar-refractivity contribution in [2.75, 3.05) is 12.8 Å². The topological polar surface area (TPSA) is 116 Å². The second-order valence-corrected chi connectivity index (χ2v) is 12.0. The molecule has 1 unspecified atom stereocenters. The fourth-order valence-electron chi connectivity index (χ4n) is 4.43. The predicted molar refractivity (Wildman–Crippen MR) is 151 cm³/mol. The van der Waals surface area contributed by atoms with E-state index in [0.717, 1.165) is 37.0 Å². The summed E-state index contributed by atoms with van der Waals surface area (Å²) in [5.41, 5.74) is 0.847. The molecule has 0 radical (unpaired) electrons. The Labute approximate surface area is 224 Å². The first-order valence-electron chi connectivity index (χ1n) is 14.5. The molecule has 1 aromatic carbocycles. The molecule has 2 atom stereocenters. The van der Waals surface area contributed by atoms with Crippen molar-refractivity contribution in [1.29, 1.82) is 0 Å². The van der Waals surface area contributed by atoms with Crippen LogP contribution in [0.5, 0.6) is 5.75 Å². The maximum atomic E-state index is 12.6. The zero-order chi connectivity index (χ0) is 27.4. The Morgan fingerprint density at radius 2 is 1.35 bits per heavy atom. The molecule has 0 aliphatic heterocycles. The molecule has 0 bridgehead atoms. The fourth-order valence-corrected chi connectivity index (χ4v) is 5.17. The van der Waals surface area contributed by atoms with Crippen LogP contribution in [0.15, 0.2) is 24.3 Å². The van der Waals surface area contributed by atoms with Gasteiger partial charge in [0.2, 0.25) is 5.91 Å². The van der Waals surface area contributed by atoms with E-state index in [9.17, 15) is 24.3 Å². The molecule has 8 heteroatoms. The molecule has 214 valence electrons. The van der Waals surface area contributed by atoms with Gasteiger partial charge in [-0.2, -0.15) is 0 Å². The Morgan fingerprint density at radius 3 is 1.84 bits per heavy atom. The van der Waals surface area contributed by atoms with Crippen molar-refractivity contribution in [1.82, 2.24) is 5.32 Å². The minimum Gasteiger partial charge on any atom is -0.494 e. The Bertz CT molecular complexity index is 751. The van der Waals surface area contributed by atoms with Gasteiger partial charge in [0.05, 0.1) is 24.9 Å². The molecule has 0 aromatic heterocycles. The largest absolute Gasteiger partial charge is 0.494 e. The molecule has 7 nitrogen and oxygen atoms in total. The van der Waals surface area contributed by atoms with E-state index in [1.165, 1.54) is 64.2 Å². The van der Waals surface area contributed by atoms with Gasteiger partial charge in [-0.3, -0.25) is 9.36 Å². The van der Waals surface area contributed by atoms with Crippen LogP contribution < -0.4 is 10.1 Å². The number of hydrogen-bond acceptors (Lipinski definition) is 4. The summed E-state index contributed by atoms with van der Waals surface area (Å²) in [7, 11) is -4.42. The van der Waals surface area contributed by atoms with Crippen LogP contribution in [0.3, 0.4) is 0 Å². The highest BCUT2D eigenvalue weighted by molar-refractivity contribution is 7.51. The zero-order valence-corrected chi connectivity index (χ0v) is 24.1. The smallest absolute Gasteiger partial charge is 0.328 e. The number of rotatable bonds is 23.